The van der Waals surface area contributed by atoms with Crippen molar-refractivity contribution in [3.8, 4) is 0 Å². The SMILES string of the molecule is OCC1CC(O)CN1c1ncnc2c1oc1ccccc12. The first-order valence-electron chi connectivity index (χ1n) is 6.95. The number of benzene rings is 1. The van der Waals surface area contributed by atoms with E-state index in [-0.39, 0.29) is 12.6 Å². The number of hydrogen-bond acceptors (Lipinski definition) is 6. The lowest BCUT2D eigenvalue weighted by molar-refractivity contribution is 0.184. The molecular formula is C15H15N3O3. The highest BCUT2D eigenvalue weighted by Crippen LogP contribution is 2.34. The number of β-amino-alcohol motifs (C(OH)–C–C–N with tert-alkyl or cyclic N) is 1. The predicted octanol–water partition coefficient (Wildman–Crippen LogP) is 1.31. The summed E-state index contributed by atoms with van der Waals surface area (Å²) in [6.45, 7) is 0.414. The van der Waals surface area contributed by atoms with E-state index in [2.05, 4.69) is 9.97 Å². The zero-order chi connectivity index (χ0) is 14.4. The third-order valence-electron chi connectivity index (χ3n) is 4.01. The molecule has 2 N–H and O–H groups in total. The third-order valence-corrected chi connectivity index (χ3v) is 4.01. The van der Waals surface area contributed by atoms with Crippen LogP contribution in [-0.4, -0.2) is 45.5 Å². The number of anilines is 1. The fourth-order valence-corrected chi connectivity index (χ4v) is 3.04. The van der Waals surface area contributed by atoms with E-state index in [9.17, 15) is 10.2 Å². The quantitative estimate of drug-likeness (QED) is 0.738. The van der Waals surface area contributed by atoms with E-state index >= 15 is 0 Å². The van der Waals surface area contributed by atoms with Gasteiger partial charge in [0, 0.05) is 11.9 Å². The first-order chi connectivity index (χ1) is 10.3. The summed E-state index contributed by atoms with van der Waals surface area (Å²) in [5, 5.41) is 20.3. The van der Waals surface area contributed by atoms with Crippen molar-refractivity contribution in [2.45, 2.75) is 18.6 Å². The first-order valence-corrected chi connectivity index (χ1v) is 6.95. The number of rotatable bonds is 2. The topological polar surface area (TPSA) is 82.6 Å². The fourth-order valence-electron chi connectivity index (χ4n) is 3.04. The van der Waals surface area contributed by atoms with E-state index in [1.54, 1.807) is 0 Å². The summed E-state index contributed by atoms with van der Waals surface area (Å²) in [7, 11) is 0. The molecule has 0 amide bonds. The zero-order valence-corrected chi connectivity index (χ0v) is 11.3. The maximum atomic E-state index is 9.85. The van der Waals surface area contributed by atoms with Gasteiger partial charge in [-0.2, -0.15) is 0 Å². The first kappa shape index (κ1) is 12.6. The monoisotopic (exact) mass is 285 g/mol. The van der Waals surface area contributed by atoms with Gasteiger partial charge in [-0.05, 0) is 18.6 Å². The van der Waals surface area contributed by atoms with Gasteiger partial charge >= 0.3 is 0 Å². The maximum Gasteiger partial charge on any atom is 0.196 e. The largest absolute Gasteiger partial charge is 0.450 e. The van der Waals surface area contributed by atoms with Gasteiger partial charge in [0.05, 0.1) is 18.8 Å². The number of nitrogens with zero attached hydrogens (tertiary/aromatic N) is 3. The molecule has 1 fully saturated rings. The molecule has 0 radical (unpaired) electrons. The Bertz CT molecular complexity index is 801. The molecule has 6 nitrogen and oxygen atoms in total. The minimum Gasteiger partial charge on any atom is -0.450 e. The van der Waals surface area contributed by atoms with Crippen LogP contribution in [0.5, 0.6) is 0 Å². The Morgan fingerprint density at radius 2 is 2.14 bits per heavy atom. The highest BCUT2D eigenvalue weighted by molar-refractivity contribution is 6.05. The van der Waals surface area contributed by atoms with E-state index in [0.717, 1.165) is 16.5 Å². The lowest BCUT2D eigenvalue weighted by Crippen LogP contribution is -2.33. The molecule has 0 aliphatic carbocycles. The second-order valence-corrected chi connectivity index (χ2v) is 5.35. The molecule has 4 rings (SSSR count). The minimum absolute atomic E-state index is 0.0250. The molecule has 0 spiro atoms. The number of aromatic nitrogens is 2. The maximum absolute atomic E-state index is 9.85. The van der Waals surface area contributed by atoms with Gasteiger partial charge in [0.1, 0.15) is 17.4 Å². The Balaban J connectivity index is 1.93. The molecule has 1 aliphatic heterocycles. The van der Waals surface area contributed by atoms with Crippen molar-refractivity contribution >= 4 is 27.9 Å². The minimum atomic E-state index is -0.462. The van der Waals surface area contributed by atoms with Gasteiger partial charge in [-0.1, -0.05) is 12.1 Å². The molecule has 2 atom stereocenters. The zero-order valence-electron chi connectivity index (χ0n) is 11.3. The third kappa shape index (κ3) is 1.87. The van der Waals surface area contributed by atoms with Crippen molar-refractivity contribution in [2.24, 2.45) is 0 Å². The smallest absolute Gasteiger partial charge is 0.196 e. The molecule has 6 heteroatoms. The highest BCUT2D eigenvalue weighted by Gasteiger charge is 2.33. The molecule has 2 aromatic heterocycles. The second kappa shape index (κ2) is 4.68. The van der Waals surface area contributed by atoms with Crippen LogP contribution in [0.15, 0.2) is 35.0 Å². The van der Waals surface area contributed by atoms with Crippen LogP contribution in [0, 0.1) is 0 Å². The average molecular weight is 285 g/mol. The van der Waals surface area contributed by atoms with Gasteiger partial charge < -0.3 is 19.5 Å². The summed E-state index contributed by atoms with van der Waals surface area (Å²) in [4.78, 5) is 10.5. The van der Waals surface area contributed by atoms with Crippen molar-refractivity contribution < 1.29 is 14.6 Å². The summed E-state index contributed by atoms with van der Waals surface area (Å²) in [5.74, 6) is 0.631. The van der Waals surface area contributed by atoms with Crippen LogP contribution in [0.25, 0.3) is 22.1 Å². The van der Waals surface area contributed by atoms with Gasteiger partial charge in [-0.3, -0.25) is 0 Å². The molecular weight excluding hydrogens is 270 g/mol. The van der Waals surface area contributed by atoms with Gasteiger partial charge in [-0.25, -0.2) is 9.97 Å². The van der Waals surface area contributed by atoms with Gasteiger partial charge in [-0.15, -0.1) is 0 Å². The van der Waals surface area contributed by atoms with Gasteiger partial charge in [0.15, 0.2) is 11.4 Å². The summed E-state index contributed by atoms with van der Waals surface area (Å²) in [6.07, 6.45) is 1.57. The van der Waals surface area contributed by atoms with Crippen molar-refractivity contribution in [1.82, 2.24) is 9.97 Å². The molecule has 21 heavy (non-hydrogen) atoms. The molecule has 2 unspecified atom stereocenters. The normalized spacial score (nSPS) is 22.5. The summed E-state index contributed by atoms with van der Waals surface area (Å²) in [6, 6.07) is 7.55. The number of aliphatic hydroxyl groups is 2. The molecule has 1 aromatic carbocycles. The summed E-state index contributed by atoms with van der Waals surface area (Å²) in [5.41, 5.74) is 2.12. The second-order valence-electron chi connectivity index (χ2n) is 5.35. The molecule has 3 heterocycles. The molecule has 0 saturated carbocycles. The van der Waals surface area contributed by atoms with Crippen LogP contribution in [-0.2, 0) is 0 Å². The fraction of sp³-hybridized carbons (Fsp3) is 0.333. The predicted molar refractivity (Wildman–Crippen MR) is 78.2 cm³/mol. The van der Waals surface area contributed by atoms with E-state index in [1.807, 2.05) is 29.2 Å². The molecule has 3 aromatic rings. The Labute approximate surface area is 120 Å². The van der Waals surface area contributed by atoms with E-state index in [0.29, 0.717) is 24.4 Å². The van der Waals surface area contributed by atoms with Crippen LogP contribution < -0.4 is 4.90 Å². The number of furan rings is 1. The van der Waals surface area contributed by atoms with Crippen LogP contribution in [0.1, 0.15) is 6.42 Å². The van der Waals surface area contributed by atoms with E-state index < -0.39 is 6.10 Å². The lowest BCUT2D eigenvalue weighted by Gasteiger charge is -2.23. The average Bonchev–Trinajstić information content (AvgIpc) is 3.07. The number of aliphatic hydroxyl groups excluding tert-OH is 2. The lowest BCUT2D eigenvalue weighted by atomic mass is 10.2. The Hall–Kier alpha value is -2.18. The number of hydrogen-bond donors (Lipinski definition) is 2. The Morgan fingerprint density at radius 1 is 1.29 bits per heavy atom. The van der Waals surface area contributed by atoms with Crippen LogP contribution in [0.3, 0.4) is 0 Å². The summed E-state index contributed by atoms with van der Waals surface area (Å²) >= 11 is 0. The van der Waals surface area contributed by atoms with Crippen molar-refractivity contribution in [3.05, 3.63) is 30.6 Å². The van der Waals surface area contributed by atoms with E-state index in [4.69, 9.17) is 4.42 Å². The van der Waals surface area contributed by atoms with Crippen molar-refractivity contribution in [1.29, 1.82) is 0 Å². The molecule has 108 valence electrons. The number of para-hydroxylation sites is 1. The molecule has 1 aliphatic rings. The van der Waals surface area contributed by atoms with Crippen LogP contribution in [0.4, 0.5) is 5.82 Å². The molecule has 0 bridgehead atoms. The van der Waals surface area contributed by atoms with Gasteiger partial charge in [0.25, 0.3) is 0 Å². The van der Waals surface area contributed by atoms with Crippen molar-refractivity contribution in [3.63, 3.8) is 0 Å². The Morgan fingerprint density at radius 3 is 3.00 bits per heavy atom. The van der Waals surface area contributed by atoms with Gasteiger partial charge in [0.2, 0.25) is 0 Å². The van der Waals surface area contributed by atoms with E-state index in [1.165, 1.54) is 6.33 Å². The van der Waals surface area contributed by atoms with Crippen molar-refractivity contribution in [2.75, 3.05) is 18.1 Å². The highest BCUT2D eigenvalue weighted by atomic mass is 16.3. The Kier molecular flexibility index (Phi) is 2.80. The molecule has 1 saturated heterocycles. The van der Waals surface area contributed by atoms with Crippen LogP contribution in [0.2, 0.25) is 0 Å². The van der Waals surface area contributed by atoms with Crippen LogP contribution >= 0.6 is 0 Å². The number of fused-ring (bicyclic) bond motifs is 3. The standard InChI is InChI=1S/C15H15N3O3/c19-7-9-5-10(20)6-18(9)15-14-13(16-8-17-15)11-3-1-2-4-12(11)21-14/h1-4,8-10,19-20H,5-7H2. The summed E-state index contributed by atoms with van der Waals surface area (Å²) < 4.78 is 5.89.